The summed E-state index contributed by atoms with van der Waals surface area (Å²) in [5.74, 6) is -0.437. The van der Waals surface area contributed by atoms with E-state index in [-0.39, 0.29) is 11.7 Å². The number of carbonyl (C=O) groups is 1. The van der Waals surface area contributed by atoms with E-state index in [1.807, 2.05) is 25.1 Å². The molecule has 0 radical (unpaired) electrons. The number of aryl methyl sites for hydroxylation is 1. The van der Waals surface area contributed by atoms with Gasteiger partial charge in [0.05, 0.1) is 17.9 Å². The highest BCUT2D eigenvalue weighted by molar-refractivity contribution is 5.95. The van der Waals surface area contributed by atoms with Crippen LogP contribution in [0.15, 0.2) is 60.9 Å². The van der Waals surface area contributed by atoms with E-state index >= 15 is 0 Å². The maximum Gasteiger partial charge on any atom is 0.251 e. The van der Waals surface area contributed by atoms with E-state index in [0.29, 0.717) is 23.5 Å². The van der Waals surface area contributed by atoms with Crippen LogP contribution in [0, 0.1) is 12.7 Å². The topological polar surface area (TPSA) is 54.9 Å². The highest BCUT2D eigenvalue weighted by Crippen LogP contribution is 2.17. The van der Waals surface area contributed by atoms with Crippen LogP contribution in [0.4, 0.5) is 4.39 Å². The van der Waals surface area contributed by atoms with Crippen molar-refractivity contribution in [2.75, 3.05) is 0 Å². The Bertz CT molecular complexity index is 862. The van der Waals surface area contributed by atoms with Crippen LogP contribution in [0.25, 0.3) is 11.3 Å². The molecule has 1 aromatic heterocycles. The van der Waals surface area contributed by atoms with E-state index < -0.39 is 0 Å². The van der Waals surface area contributed by atoms with Gasteiger partial charge < -0.3 is 5.32 Å². The molecular formula is C19H16FN3O. The van der Waals surface area contributed by atoms with Crippen LogP contribution in [0.2, 0.25) is 0 Å². The largest absolute Gasteiger partial charge is 0.346 e. The van der Waals surface area contributed by atoms with Crippen LogP contribution in [-0.4, -0.2) is 15.9 Å². The summed E-state index contributed by atoms with van der Waals surface area (Å²) in [5.41, 5.74) is 3.73. The normalized spacial score (nSPS) is 10.4. The molecule has 0 aliphatic carbocycles. The first kappa shape index (κ1) is 15.8. The van der Waals surface area contributed by atoms with E-state index in [9.17, 15) is 9.18 Å². The number of benzene rings is 2. The number of hydrogen-bond donors (Lipinski definition) is 1. The summed E-state index contributed by atoms with van der Waals surface area (Å²) in [6, 6.07) is 15.3. The first-order valence-electron chi connectivity index (χ1n) is 7.54. The predicted octanol–water partition coefficient (Wildman–Crippen LogP) is 3.52. The Morgan fingerprint density at radius 1 is 1.08 bits per heavy atom. The van der Waals surface area contributed by atoms with Crippen molar-refractivity contribution >= 4 is 5.91 Å². The molecule has 3 rings (SSSR count). The van der Waals surface area contributed by atoms with Gasteiger partial charge in [-0.3, -0.25) is 4.79 Å². The average Bonchev–Trinajstić information content (AvgIpc) is 2.61. The number of nitrogens with zero attached hydrogens (tertiary/aromatic N) is 2. The van der Waals surface area contributed by atoms with Gasteiger partial charge in [-0.05, 0) is 48.9 Å². The fraction of sp³-hybridized carbons (Fsp3) is 0.105. The van der Waals surface area contributed by atoms with Crippen LogP contribution in [0.5, 0.6) is 0 Å². The molecule has 2 aromatic carbocycles. The maximum atomic E-state index is 13.0. The number of rotatable bonds is 4. The monoisotopic (exact) mass is 321 g/mol. The highest BCUT2D eigenvalue weighted by atomic mass is 19.1. The molecule has 0 atom stereocenters. The first-order chi connectivity index (χ1) is 11.6. The molecule has 5 heteroatoms. The Labute approximate surface area is 139 Å². The molecule has 0 spiro atoms. The van der Waals surface area contributed by atoms with Crippen molar-refractivity contribution in [3.63, 3.8) is 0 Å². The molecule has 24 heavy (non-hydrogen) atoms. The predicted molar refractivity (Wildman–Crippen MR) is 89.8 cm³/mol. The van der Waals surface area contributed by atoms with Crippen LogP contribution in [0.1, 0.15) is 21.6 Å². The molecule has 120 valence electrons. The molecule has 0 aliphatic heterocycles. The zero-order valence-corrected chi connectivity index (χ0v) is 13.2. The Hall–Kier alpha value is -3.08. The van der Waals surface area contributed by atoms with Gasteiger partial charge in [0.1, 0.15) is 12.1 Å². The van der Waals surface area contributed by atoms with E-state index in [1.54, 1.807) is 24.3 Å². The zero-order chi connectivity index (χ0) is 16.9. The summed E-state index contributed by atoms with van der Waals surface area (Å²) in [5, 5.41) is 2.85. The lowest BCUT2D eigenvalue weighted by Gasteiger charge is -2.08. The molecule has 0 aliphatic rings. The molecule has 1 heterocycles. The van der Waals surface area contributed by atoms with Gasteiger partial charge in [-0.1, -0.05) is 18.2 Å². The van der Waals surface area contributed by atoms with Crippen LogP contribution in [0.3, 0.4) is 0 Å². The minimum atomic E-state index is -0.293. The average molecular weight is 321 g/mol. The highest BCUT2D eigenvalue weighted by Gasteiger charge is 2.09. The maximum absolute atomic E-state index is 13.0. The molecule has 0 bridgehead atoms. The lowest BCUT2D eigenvalue weighted by Crippen LogP contribution is -2.24. The minimum absolute atomic E-state index is 0.143. The zero-order valence-electron chi connectivity index (χ0n) is 13.2. The van der Waals surface area contributed by atoms with Crippen LogP contribution >= 0.6 is 0 Å². The number of amides is 1. The standard InChI is InChI=1S/C19H16FN3O/c1-13-4-2-3-5-17(13)19(24)21-11-16-10-18(23-12-22-16)14-6-8-15(20)9-7-14/h2-10,12H,11H2,1H3,(H,21,24). The second-order valence-electron chi connectivity index (χ2n) is 5.40. The molecule has 1 amide bonds. The fourth-order valence-electron chi connectivity index (χ4n) is 2.37. The number of aromatic nitrogens is 2. The van der Waals surface area contributed by atoms with E-state index in [2.05, 4.69) is 15.3 Å². The van der Waals surface area contributed by atoms with Gasteiger partial charge in [-0.25, -0.2) is 14.4 Å². The molecule has 0 saturated heterocycles. The molecule has 1 N–H and O–H groups in total. The molecule has 0 saturated carbocycles. The minimum Gasteiger partial charge on any atom is -0.346 e. The van der Waals surface area contributed by atoms with Gasteiger partial charge in [0.2, 0.25) is 0 Å². The molecule has 0 unspecified atom stereocenters. The van der Waals surface area contributed by atoms with Gasteiger partial charge >= 0.3 is 0 Å². The number of nitrogens with one attached hydrogen (secondary N) is 1. The number of carbonyl (C=O) groups excluding carboxylic acids is 1. The van der Waals surface area contributed by atoms with Gasteiger partial charge in [0, 0.05) is 11.1 Å². The number of hydrogen-bond acceptors (Lipinski definition) is 3. The molecule has 4 nitrogen and oxygen atoms in total. The van der Waals surface area contributed by atoms with Crippen molar-refractivity contribution in [3.05, 3.63) is 83.6 Å². The summed E-state index contributed by atoms with van der Waals surface area (Å²) in [4.78, 5) is 20.6. The molecular weight excluding hydrogens is 305 g/mol. The van der Waals surface area contributed by atoms with Gasteiger partial charge in [-0.2, -0.15) is 0 Å². The number of halogens is 1. The van der Waals surface area contributed by atoms with Crippen LogP contribution < -0.4 is 5.32 Å². The van der Waals surface area contributed by atoms with Crippen molar-refractivity contribution in [3.8, 4) is 11.3 Å². The SMILES string of the molecule is Cc1ccccc1C(=O)NCc1cc(-c2ccc(F)cc2)ncn1. The lowest BCUT2D eigenvalue weighted by atomic mass is 10.1. The molecule has 0 fully saturated rings. The Kier molecular flexibility index (Phi) is 4.61. The lowest BCUT2D eigenvalue weighted by molar-refractivity contribution is 0.0950. The smallest absolute Gasteiger partial charge is 0.251 e. The summed E-state index contributed by atoms with van der Waals surface area (Å²) in [6.07, 6.45) is 1.44. The summed E-state index contributed by atoms with van der Waals surface area (Å²) in [6.45, 7) is 2.19. The Balaban J connectivity index is 1.72. The summed E-state index contributed by atoms with van der Waals surface area (Å²) in [7, 11) is 0. The second-order valence-corrected chi connectivity index (χ2v) is 5.40. The Morgan fingerprint density at radius 2 is 1.83 bits per heavy atom. The van der Waals surface area contributed by atoms with Crippen molar-refractivity contribution in [1.29, 1.82) is 0 Å². The van der Waals surface area contributed by atoms with E-state index in [0.717, 1.165) is 11.1 Å². The van der Waals surface area contributed by atoms with Gasteiger partial charge in [0.15, 0.2) is 0 Å². The van der Waals surface area contributed by atoms with Crippen molar-refractivity contribution < 1.29 is 9.18 Å². The van der Waals surface area contributed by atoms with Crippen molar-refractivity contribution in [2.45, 2.75) is 13.5 Å². The summed E-state index contributed by atoms with van der Waals surface area (Å²) < 4.78 is 13.0. The van der Waals surface area contributed by atoms with Crippen LogP contribution in [-0.2, 0) is 6.54 Å². The van der Waals surface area contributed by atoms with Crippen molar-refractivity contribution in [1.82, 2.24) is 15.3 Å². The summed E-state index contributed by atoms with van der Waals surface area (Å²) >= 11 is 0. The Morgan fingerprint density at radius 3 is 2.58 bits per heavy atom. The first-order valence-corrected chi connectivity index (χ1v) is 7.54. The third-order valence-corrected chi connectivity index (χ3v) is 3.68. The second kappa shape index (κ2) is 7.00. The third-order valence-electron chi connectivity index (χ3n) is 3.68. The van der Waals surface area contributed by atoms with Crippen molar-refractivity contribution in [2.24, 2.45) is 0 Å². The van der Waals surface area contributed by atoms with Gasteiger partial charge in [0.25, 0.3) is 5.91 Å². The quantitative estimate of drug-likeness (QED) is 0.800. The molecule has 3 aromatic rings. The van der Waals surface area contributed by atoms with Gasteiger partial charge in [-0.15, -0.1) is 0 Å². The fourth-order valence-corrected chi connectivity index (χ4v) is 2.37. The van der Waals surface area contributed by atoms with E-state index in [4.69, 9.17) is 0 Å². The van der Waals surface area contributed by atoms with E-state index in [1.165, 1.54) is 18.5 Å². The third kappa shape index (κ3) is 3.63.